The number of cyclic esters (lactones) is 2. The fourth-order valence-corrected chi connectivity index (χ4v) is 6.55. The van der Waals surface area contributed by atoms with Crippen molar-refractivity contribution in [1.29, 1.82) is 0 Å². The zero-order valence-corrected chi connectivity index (χ0v) is 34.2. The number of halogens is 1. The molecule has 11 nitrogen and oxygen atoms in total. The first-order chi connectivity index (χ1) is 25.4. The number of carbonyl (C=O) groups is 4. The van der Waals surface area contributed by atoms with Crippen LogP contribution in [0.2, 0.25) is 5.02 Å². The normalized spacial score (nSPS) is 25.2. The summed E-state index contributed by atoms with van der Waals surface area (Å²) in [5, 5.41) is 9.35. The van der Waals surface area contributed by atoms with Crippen molar-refractivity contribution in [2.45, 2.75) is 109 Å². The molecule has 0 bridgehead atoms. The summed E-state index contributed by atoms with van der Waals surface area (Å²) < 4.78 is 23.2. The van der Waals surface area contributed by atoms with E-state index in [0.29, 0.717) is 22.9 Å². The zero-order chi connectivity index (χ0) is 39.8. The topological polar surface area (TPSA) is 145 Å². The molecule has 0 saturated carbocycles. The fraction of sp³-hybridized carbons (Fsp3) is 0.561. The molecule has 2 amide bonds. The maximum absolute atomic E-state index is 13.8. The number of hydrogen-bond acceptors (Lipinski definition) is 10. The number of rotatable bonds is 12. The van der Waals surface area contributed by atoms with Crippen molar-refractivity contribution < 1.29 is 38.1 Å². The largest absolute Gasteiger partial charge is 0.495 e. The van der Waals surface area contributed by atoms with Crippen LogP contribution in [0.25, 0.3) is 0 Å². The molecule has 13 heteroatoms. The lowest BCUT2D eigenvalue weighted by Gasteiger charge is -2.29. The molecule has 3 N–H and O–H groups in total. The minimum atomic E-state index is -1.21. The van der Waals surface area contributed by atoms with Crippen LogP contribution in [0.15, 0.2) is 54.6 Å². The van der Waals surface area contributed by atoms with E-state index in [1.165, 1.54) is 13.2 Å². The van der Waals surface area contributed by atoms with Crippen molar-refractivity contribution in [3.8, 4) is 5.75 Å². The molecule has 2 aromatic carbocycles. The first-order valence-electron chi connectivity index (χ1n) is 18.5. The number of methoxy groups -OCH3 is 1. The van der Waals surface area contributed by atoms with Gasteiger partial charge in [-0.25, -0.2) is 4.79 Å². The Kier molecular flexibility index (Phi) is 15.1. The van der Waals surface area contributed by atoms with E-state index in [1.807, 2.05) is 32.9 Å². The summed E-state index contributed by atoms with van der Waals surface area (Å²) in [5.41, 5.74) is 1.63. The van der Waals surface area contributed by atoms with Gasteiger partial charge in [0.25, 0.3) is 0 Å². The lowest BCUT2D eigenvalue weighted by molar-refractivity contribution is -0.179. The van der Waals surface area contributed by atoms with Gasteiger partial charge in [0.2, 0.25) is 11.8 Å². The highest BCUT2D eigenvalue weighted by Crippen LogP contribution is 2.45. The van der Waals surface area contributed by atoms with Crippen LogP contribution in [0.1, 0.15) is 84.1 Å². The highest BCUT2D eigenvalue weighted by Gasteiger charge is 2.48. The highest BCUT2D eigenvalue weighted by atomic mass is 35.5. The number of esters is 2. The van der Waals surface area contributed by atoms with Crippen molar-refractivity contribution in [3.63, 3.8) is 0 Å². The molecule has 296 valence electrons. The quantitative estimate of drug-likeness (QED) is 0.117. The molecule has 0 aliphatic carbocycles. The predicted molar refractivity (Wildman–Crippen MR) is 211 cm³/mol. The molecular weight excluding hydrogens is 730 g/mol. The lowest BCUT2D eigenvalue weighted by Crippen LogP contribution is -2.51. The van der Waals surface area contributed by atoms with E-state index in [2.05, 4.69) is 54.6 Å². The number of nitrogens with one attached hydrogen (secondary N) is 3. The smallest absolute Gasteiger partial charge is 0.347 e. The lowest BCUT2D eigenvalue weighted by atomic mass is 9.92. The van der Waals surface area contributed by atoms with E-state index in [-0.39, 0.29) is 54.6 Å². The fourth-order valence-electron chi connectivity index (χ4n) is 6.16. The van der Waals surface area contributed by atoms with E-state index in [4.69, 9.17) is 30.5 Å². The van der Waals surface area contributed by atoms with Crippen LogP contribution in [-0.4, -0.2) is 73.1 Å². The molecule has 0 unspecified atom stereocenters. The standard InChI is InChI=1S/C41H56ClN3O8S/c1-24(2)18-33-38(48)51-31(25(3)35-36(53-35)28-15-12-26(13-16-28)21-43-23-41(6,7)54)10-9-11-34(46)45-30(20-27-14-17-32(50-8)29(42)19-27)37(47)44-22-40(4,5)39(49)52-33/h9,11-17,19,24-25,30-31,33,35-36,43,54H,10,18,20-23H2,1-8H3,(H,44,47)(H,45,46)/b11-9+/t25-,30+,31-,33-,35-,36+/m0/s1. The number of ether oxygens (including phenoxy) is 4. The van der Waals surface area contributed by atoms with Crippen LogP contribution in [0.4, 0.5) is 0 Å². The molecule has 2 aliphatic rings. The Morgan fingerprint density at radius 3 is 2.35 bits per heavy atom. The number of benzene rings is 2. The molecular formula is C41H56ClN3O8S. The van der Waals surface area contributed by atoms with Crippen molar-refractivity contribution in [1.82, 2.24) is 16.0 Å². The summed E-state index contributed by atoms with van der Waals surface area (Å²) in [6, 6.07) is 12.3. The second kappa shape index (κ2) is 18.8. The molecule has 1 fully saturated rings. The first-order valence-corrected chi connectivity index (χ1v) is 19.4. The van der Waals surface area contributed by atoms with Gasteiger partial charge in [-0.05, 0) is 74.9 Å². The number of hydrogen-bond donors (Lipinski definition) is 4. The molecule has 2 aliphatic heterocycles. The second-order valence-corrected chi connectivity index (χ2v) is 17.6. The molecule has 2 aromatic rings. The Hall–Kier alpha value is -3.58. The predicted octanol–water partition coefficient (Wildman–Crippen LogP) is 5.92. The van der Waals surface area contributed by atoms with Gasteiger partial charge >= 0.3 is 11.9 Å². The van der Waals surface area contributed by atoms with Gasteiger partial charge in [0.15, 0.2) is 6.10 Å². The van der Waals surface area contributed by atoms with E-state index >= 15 is 0 Å². The molecule has 4 rings (SSSR count). The summed E-state index contributed by atoms with van der Waals surface area (Å²) in [7, 11) is 1.51. The minimum Gasteiger partial charge on any atom is -0.495 e. The maximum Gasteiger partial charge on any atom is 0.347 e. The summed E-state index contributed by atoms with van der Waals surface area (Å²) >= 11 is 10.9. The first kappa shape index (κ1) is 43.2. The number of thiol groups is 1. The number of epoxide rings is 1. The van der Waals surface area contributed by atoms with Crippen molar-refractivity contribution in [3.05, 3.63) is 76.3 Å². The van der Waals surface area contributed by atoms with Gasteiger partial charge < -0.3 is 34.9 Å². The molecule has 2 heterocycles. The van der Waals surface area contributed by atoms with Gasteiger partial charge in [0.05, 0.1) is 23.7 Å². The third-order valence-electron chi connectivity index (χ3n) is 9.47. The van der Waals surface area contributed by atoms with Gasteiger partial charge in [0, 0.05) is 43.1 Å². The van der Waals surface area contributed by atoms with Crippen LogP contribution < -0.4 is 20.7 Å². The Morgan fingerprint density at radius 2 is 1.72 bits per heavy atom. The van der Waals surface area contributed by atoms with Crippen LogP contribution in [-0.2, 0) is 46.4 Å². The molecule has 0 radical (unpaired) electrons. The number of carbonyl (C=O) groups excluding carboxylic acids is 4. The Labute approximate surface area is 330 Å². The van der Waals surface area contributed by atoms with Gasteiger partial charge in [0.1, 0.15) is 24.0 Å². The Balaban J connectivity index is 1.56. The van der Waals surface area contributed by atoms with Gasteiger partial charge in [-0.1, -0.05) is 68.8 Å². The minimum absolute atomic E-state index is 0.00847. The van der Waals surface area contributed by atoms with Crippen LogP contribution in [0.5, 0.6) is 5.75 Å². The summed E-state index contributed by atoms with van der Waals surface area (Å²) in [6.07, 6.45) is 1.18. The van der Waals surface area contributed by atoms with Crippen molar-refractivity contribution >= 4 is 48.0 Å². The molecule has 6 atom stereocenters. The SMILES string of the molecule is COc1ccc(C[C@H]2NC(=O)/C=C/C[C@@H]([C@H](C)[C@@H]3O[C@@H]3c3ccc(CNCC(C)(C)S)cc3)OC(=O)[C@H](CC(C)C)OC(=O)C(C)(C)CNC2=O)cc1Cl. The average molecular weight is 786 g/mol. The monoisotopic (exact) mass is 785 g/mol. The van der Waals surface area contributed by atoms with Gasteiger partial charge in [-0.2, -0.15) is 12.6 Å². The summed E-state index contributed by atoms with van der Waals surface area (Å²) in [6.45, 7) is 14.5. The third kappa shape index (κ3) is 12.7. The van der Waals surface area contributed by atoms with E-state index in [9.17, 15) is 19.2 Å². The third-order valence-corrected chi connectivity index (χ3v) is 9.93. The van der Waals surface area contributed by atoms with E-state index in [1.54, 1.807) is 38.1 Å². The van der Waals surface area contributed by atoms with Crippen molar-refractivity contribution in [2.24, 2.45) is 17.3 Å². The zero-order valence-electron chi connectivity index (χ0n) is 32.6. The summed E-state index contributed by atoms with van der Waals surface area (Å²) in [5.74, 6) is -2.14. The molecule has 1 saturated heterocycles. The van der Waals surface area contributed by atoms with Crippen LogP contribution >= 0.6 is 24.2 Å². The Morgan fingerprint density at radius 1 is 1.04 bits per heavy atom. The van der Waals surface area contributed by atoms with Crippen LogP contribution in [0, 0.1) is 17.3 Å². The Bertz CT molecular complexity index is 1660. The second-order valence-electron chi connectivity index (χ2n) is 16.0. The average Bonchev–Trinajstić information content (AvgIpc) is 3.89. The highest BCUT2D eigenvalue weighted by molar-refractivity contribution is 7.81. The maximum atomic E-state index is 13.8. The molecule has 0 aromatic heterocycles. The van der Waals surface area contributed by atoms with Gasteiger partial charge in [-0.3, -0.25) is 14.4 Å². The van der Waals surface area contributed by atoms with Gasteiger partial charge in [-0.15, -0.1) is 0 Å². The van der Waals surface area contributed by atoms with Crippen LogP contribution in [0.3, 0.4) is 0 Å². The molecule has 0 spiro atoms. The van der Waals surface area contributed by atoms with Crippen molar-refractivity contribution in [2.75, 3.05) is 20.2 Å². The van der Waals surface area contributed by atoms with E-state index < -0.39 is 47.4 Å². The summed E-state index contributed by atoms with van der Waals surface area (Å²) in [4.78, 5) is 54.1. The molecule has 54 heavy (non-hydrogen) atoms. The van der Waals surface area contributed by atoms with E-state index in [0.717, 1.165) is 17.7 Å². The number of amides is 2.